The van der Waals surface area contributed by atoms with Gasteiger partial charge in [0.1, 0.15) is 0 Å². The zero-order valence-corrected chi connectivity index (χ0v) is 8.24. The fourth-order valence-electron chi connectivity index (χ4n) is 1.73. The number of rotatable bonds is 2. The third kappa shape index (κ3) is 1.76. The zero-order valence-electron chi connectivity index (χ0n) is 8.24. The third-order valence-corrected chi connectivity index (χ3v) is 2.39. The average Bonchev–Trinajstić information content (AvgIpc) is 2.74. The van der Waals surface area contributed by atoms with Gasteiger partial charge in [0.25, 0.3) is 0 Å². The second-order valence-electron chi connectivity index (χ2n) is 3.39. The molecule has 0 aliphatic carbocycles. The van der Waals surface area contributed by atoms with E-state index in [1.165, 1.54) is 12.1 Å². The van der Waals surface area contributed by atoms with Crippen molar-refractivity contribution in [2.45, 2.75) is 18.8 Å². The number of hydrogen-bond donors (Lipinski definition) is 3. The van der Waals surface area contributed by atoms with Gasteiger partial charge in [-0.15, -0.1) is 0 Å². The maximum absolute atomic E-state index is 10.4. The average molecular weight is 229 g/mol. The molecule has 2 rings (SSSR count). The molecule has 2 heterocycles. The van der Waals surface area contributed by atoms with Crippen molar-refractivity contribution in [1.82, 2.24) is 4.57 Å². The van der Waals surface area contributed by atoms with Gasteiger partial charge in [-0.2, -0.15) is 0 Å². The summed E-state index contributed by atoms with van der Waals surface area (Å²) in [6, 6.07) is 2.57. The van der Waals surface area contributed by atoms with Gasteiger partial charge in [0.2, 0.25) is 0 Å². The maximum atomic E-state index is 10.4. The highest BCUT2D eigenvalue weighted by molar-refractivity contribution is 5.57. The van der Waals surface area contributed by atoms with Crippen LogP contribution in [0.15, 0.2) is 12.1 Å². The highest BCUT2D eigenvalue weighted by Gasteiger charge is 2.35. The van der Waals surface area contributed by atoms with Crippen LogP contribution in [0.1, 0.15) is 12.6 Å². The van der Waals surface area contributed by atoms with E-state index in [1.54, 1.807) is 0 Å². The molecule has 0 aromatic carbocycles. The summed E-state index contributed by atoms with van der Waals surface area (Å²) >= 11 is 0. The minimum atomic E-state index is -1.41. The van der Waals surface area contributed by atoms with Crippen molar-refractivity contribution >= 4 is 6.16 Å². The van der Waals surface area contributed by atoms with Crippen molar-refractivity contribution in [3.05, 3.63) is 12.1 Å². The molecule has 0 bridgehead atoms. The van der Waals surface area contributed by atoms with Crippen molar-refractivity contribution in [2.24, 2.45) is 0 Å². The molecule has 2 atom stereocenters. The molecule has 1 aliphatic rings. The highest BCUT2D eigenvalue weighted by Crippen LogP contribution is 2.34. The van der Waals surface area contributed by atoms with Crippen LogP contribution >= 0.6 is 0 Å². The number of carboxylic acid groups (broad SMARTS) is 1. The van der Waals surface area contributed by atoms with Crippen molar-refractivity contribution in [1.29, 1.82) is 0 Å². The predicted molar refractivity (Wildman–Crippen MR) is 50.3 cm³/mol. The lowest BCUT2D eigenvalue weighted by molar-refractivity contribution is -0.0370. The molecule has 7 heteroatoms. The van der Waals surface area contributed by atoms with Crippen molar-refractivity contribution in [3.63, 3.8) is 0 Å². The van der Waals surface area contributed by atoms with Crippen molar-refractivity contribution < 1.29 is 29.6 Å². The molecule has 0 spiro atoms. The van der Waals surface area contributed by atoms with E-state index in [0.29, 0.717) is 13.0 Å². The smallest absolute Gasteiger partial charge is 0.494 e. The van der Waals surface area contributed by atoms with E-state index >= 15 is 0 Å². The number of aromatic nitrogens is 1. The van der Waals surface area contributed by atoms with E-state index in [1.807, 2.05) is 0 Å². The summed E-state index contributed by atoms with van der Waals surface area (Å²) in [4.78, 5) is 10.4. The quantitative estimate of drug-likeness (QED) is 0.651. The van der Waals surface area contributed by atoms with Crippen LogP contribution in [-0.2, 0) is 9.47 Å². The van der Waals surface area contributed by atoms with Crippen LogP contribution in [0.5, 0.6) is 11.8 Å². The van der Waals surface area contributed by atoms with Gasteiger partial charge in [-0.3, -0.25) is 4.57 Å². The van der Waals surface area contributed by atoms with Crippen LogP contribution in [0.2, 0.25) is 0 Å². The Morgan fingerprint density at radius 2 is 2.06 bits per heavy atom. The van der Waals surface area contributed by atoms with E-state index in [9.17, 15) is 15.0 Å². The molecule has 88 valence electrons. The minimum Gasteiger partial charge on any atom is -0.494 e. The molecular formula is C9H11NO6. The Bertz CT molecular complexity index is 381. The Labute approximate surface area is 90.4 Å². The fourth-order valence-corrected chi connectivity index (χ4v) is 1.73. The van der Waals surface area contributed by atoms with Crippen LogP contribution in [-0.4, -0.2) is 38.8 Å². The molecule has 1 aromatic heterocycles. The molecule has 1 saturated heterocycles. The summed E-state index contributed by atoms with van der Waals surface area (Å²) in [7, 11) is 0. The molecular weight excluding hydrogens is 218 g/mol. The lowest BCUT2D eigenvalue weighted by Crippen LogP contribution is -2.24. The Balaban J connectivity index is 2.23. The highest BCUT2D eigenvalue weighted by atomic mass is 16.7. The molecule has 1 aromatic rings. The van der Waals surface area contributed by atoms with E-state index in [2.05, 4.69) is 4.74 Å². The first-order chi connectivity index (χ1) is 7.59. The number of aromatic hydroxyl groups is 2. The summed E-state index contributed by atoms with van der Waals surface area (Å²) in [5.41, 5.74) is 0. The second-order valence-corrected chi connectivity index (χ2v) is 3.39. The third-order valence-electron chi connectivity index (χ3n) is 2.39. The molecule has 3 N–H and O–H groups in total. The molecule has 1 fully saturated rings. The summed E-state index contributed by atoms with van der Waals surface area (Å²) in [6.45, 7) is 0.305. The van der Waals surface area contributed by atoms with Crippen molar-refractivity contribution in [2.75, 3.05) is 6.61 Å². The summed E-state index contributed by atoms with van der Waals surface area (Å²) < 4.78 is 10.9. The van der Waals surface area contributed by atoms with Crippen molar-refractivity contribution in [3.8, 4) is 11.8 Å². The van der Waals surface area contributed by atoms with Crippen LogP contribution < -0.4 is 0 Å². The Kier molecular flexibility index (Phi) is 2.61. The summed E-state index contributed by atoms with van der Waals surface area (Å²) in [5, 5.41) is 27.4. The van der Waals surface area contributed by atoms with Gasteiger partial charge in [0.15, 0.2) is 24.1 Å². The molecule has 1 unspecified atom stereocenters. The van der Waals surface area contributed by atoms with E-state index in [0.717, 1.165) is 4.57 Å². The monoisotopic (exact) mass is 229 g/mol. The topological polar surface area (TPSA) is 101 Å². The molecule has 1 aliphatic heterocycles. The second kappa shape index (κ2) is 3.93. The van der Waals surface area contributed by atoms with Gasteiger partial charge in [0, 0.05) is 18.6 Å². The summed E-state index contributed by atoms with van der Waals surface area (Å²) in [5.74, 6) is -0.410. The zero-order chi connectivity index (χ0) is 11.7. The largest absolute Gasteiger partial charge is 0.506 e. The van der Waals surface area contributed by atoms with Crippen LogP contribution in [0.3, 0.4) is 0 Å². The summed E-state index contributed by atoms with van der Waals surface area (Å²) in [6.07, 6.45) is -2.59. The SMILES string of the molecule is O=C(O)OC1CCO[C@@H]1n1c(O)ccc1O. The van der Waals surface area contributed by atoms with Gasteiger partial charge >= 0.3 is 6.16 Å². The normalized spacial score (nSPS) is 24.5. The van der Waals surface area contributed by atoms with E-state index in [4.69, 9.17) is 9.84 Å². The van der Waals surface area contributed by atoms with E-state index < -0.39 is 18.5 Å². The Hall–Kier alpha value is -1.89. The number of hydrogen-bond acceptors (Lipinski definition) is 5. The lowest BCUT2D eigenvalue weighted by atomic mass is 10.2. The van der Waals surface area contributed by atoms with Gasteiger partial charge in [-0.1, -0.05) is 0 Å². The predicted octanol–water partition coefficient (Wildman–Crippen LogP) is 0.881. The lowest BCUT2D eigenvalue weighted by Gasteiger charge is -2.20. The van der Waals surface area contributed by atoms with Gasteiger partial charge < -0.3 is 24.8 Å². The van der Waals surface area contributed by atoms with E-state index in [-0.39, 0.29) is 11.8 Å². The number of ether oxygens (including phenoxy) is 2. The fraction of sp³-hybridized carbons (Fsp3) is 0.444. The first kappa shape index (κ1) is 10.6. The van der Waals surface area contributed by atoms with Gasteiger partial charge in [-0.05, 0) is 0 Å². The van der Waals surface area contributed by atoms with Crippen LogP contribution in [0, 0.1) is 0 Å². The first-order valence-corrected chi connectivity index (χ1v) is 4.70. The Morgan fingerprint density at radius 1 is 1.44 bits per heavy atom. The molecule has 16 heavy (non-hydrogen) atoms. The van der Waals surface area contributed by atoms with Crippen LogP contribution in [0.25, 0.3) is 0 Å². The van der Waals surface area contributed by atoms with Crippen LogP contribution in [0.4, 0.5) is 4.79 Å². The number of carbonyl (C=O) groups is 1. The standard InChI is InChI=1S/C9H11NO6/c11-6-1-2-7(12)10(6)8-5(3-4-15-8)16-9(13)14/h1-2,5,8,11-12H,3-4H2,(H,13,14)/t5?,8-/m0/s1. The number of nitrogens with zero attached hydrogens (tertiary/aromatic N) is 1. The molecule has 0 saturated carbocycles. The molecule has 7 nitrogen and oxygen atoms in total. The maximum Gasteiger partial charge on any atom is 0.506 e. The first-order valence-electron chi connectivity index (χ1n) is 4.70. The molecule has 0 amide bonds. The molecule has 0 radical (unpaired) electrons. The van der Waals surface area contributed by atoms with Gasteiger partial charge in [-0.25, -0.2) is 4.79 Å². The van der Waals surface area contributed by atoms with Gasteiger partial charge in [0.05, 0.1) is 6.61 Å². The minimum absolute atomic E-state index is 0.205. The Morgan fingerprint density at radius 3 is 2.62 bits per heavy atom.